The molecule has 0 aliphatic heterocycles. The molecule has 4 rings (SSSR count). The van der Waals surface area contributed by atoms with Gasteiger partial charge in [-0.2, -0.15) is 13.2 Å². The Morgan fingerprint density at radius 3 is 2.28 bits per heavy atom. The van der Waals surface area contributed by atoms with Gasteiger partial charge in [-0.05, 0) is 61.4 Å². The van der Waals surface area contributed by atoms with Gasteiger partial charge in [-0.25, -0.2) is 4.39 Å². The normalized spacial score (nSPS) is 17.9. The van der Waals surface area contributed by atoms with Crippen LogP contribution in [0.4, 0.5) is 28.9 Å². The van der Waals surface area contributed by atoms with Crippen molar-refractivity contribution in [1.82, 2.24) is 0 Å². The van der Waals surface area contributed by atoms with Gasteiger partial charge in [0.25, 0.3) is 0 Å². The molecule has 0 atom stereocenters. The molecule has 0 unspecified atom stereocenters. The molecule has 0 saturated heterocycles. The van der Waals surface area contributed by atoms with E-state index in [-0.39, 0.29) is 28.9 Å². The number of rotatable bonds is 7. The lowest BCUT2D eigenvalue weighted by Gasteiger charge is -2.40. The van der Waals surface area contributed by atoms with Crippen LogP contribution in [-0.4, -0.2) is 17.8 Å². The van der Waals surface area contributed by atoms with Crippen molar-refractivity contribution in [1.29, 1.82) is 5.41 Å². The lowest BCUT2D eigenvalue weighted by Crippen LogP contribution is -2.46. The molecule has 2 saturated carbocycles. The van der Waals surface area contributed by atoms with E-state index in [2.05, 4.69) is 10.6 Å². The zero-order valence-electron chi connectivity index (χ0n) is 17.2. The van der Waals surface area contributed by atoms with Gasteiger partial charge in [0.05, 0.1) is 11.1 Å². The molecule has 2 aromatic carbocycles. The molecule has 8 heteroatoms. The van der Waals surface area contributed by atoms with E-state index in [4.69, 9.17) is 5.41 Å². The zero-order valence-corrected chi connectivity index (χ0v) is 17.2. The number of allylic oxidation sites excluding steroid dienone is 2. The number of nitrogens with one attached hydrogen (secondary N) is 3. The minimum absolute atomic E-state index is 0.00228. The van der Waals surface area contributed by atoms with Gasteiger partial charge in [-0.1, -0.05) is 36.8 Å². The number of carbonyl (C=O) groups excluding carboxylic acids is 1. The van der Waals surface area contributed by atoms with E-state index in [1.807, 2.05) is 30.3 Å². The number of alkyl halides is 3. The number of benzene rings is 2. The maximum atomic E-state index is 14.7. The molecule has 0 radical (unpaired) electrons. The molecule has 0 aromatic heterocycles. The molecule has 3 N–H and O–H groups in total. The van der Waals surface area contributed by atoms with Crippen molar-refractivity contribution in [3.63, 3.8) is 0 Å². The second kappa shape index (κ2) is 8.41. The third-order valence-corrected chi connectivity index (χ3v) is 6.10. The SMILES string of the molecule is N=C(/C=C(\Nc1ccc(NC(=O)C2(c3ccccc3)CCC2)cc1F)C1CC1)C(F)(F)F. The van der Waals surface area contributed by atoms with Crippen molar-refractivity contribution in [3.8, 4) is 0 Å². The van der Waals surface area contributed by atoms with Crippen LogP contribution < -0.4 is 10.6 Å². The Hall–Kier alpha value is -3.16. The van der Waals surface area contributed by atoms with Crippen molar-refractivity contribution in [2.24, 2.45) is 5.92 Å². The van der Waals surface area contributed by atoms with Gasteiger partial charge in [0, 0.05) is 11.4 Å². The molecule has 2 fully saturated rings. The summed E-state index contributed by atoms with van der Waals surface area (Å²) in [5.41, 5.74) is -0.746. The van der Waals surface area contributed by atoms with E-state index in [0.29, 0.717) is 31.8 Å². The Morgan fingerprint density at radius 2 is 1.75 bits per heavy atom. The number of carbonyl (C=O) groups is 1. The number of hydrogen-bond donors (Lipinski definition) is 3. The molecule has 1 amide bonds. The molecule has 0 heterocycles. The highest BCUT2D eigenvalue weighted by Crippen LogP contribution is 2.44. The molecule has 2 aliphatic carbocycles. The maximum Gasteiger partial charge on any atom is 0.432 e. The van der Waals surface area contributed by atoms with E-state index in [1.54, 1.807) is 0 Å². The molecule has 0 spiro atoms. The number of anilines is 2. The summed E-state index contributed by atoms with van der Waals surface area (Å²) in [4.78, 5) is 13.0. The average Bonchev–Trinajstić information content (AvgIpc) is 3.54. The number of hydrogen-bond acceptors (Lipinski definition) is 3. The van der Waals surface area contributed by atoms with Crippen molar-refractivity contribution < 1.29 is 22.4 Å². The standard InChI is InChI=1S/C24H23F4N3O/c25-18-13-17(30-22(32)23(11-4-12-23)16-5-2-1-3-6-16)9-10-19(18)31-20(15-7-8-15)14-21(29)24(26,27)28/h1-3,5-6,9-10,13-15,29,31H,4,7-8,11-12H2,(H,30,32)/b20-14-,29-21?. The lowest BCUT2D eigenvalue weighted by atomic mass is 9.64. The highest BCUT2D eigenvalue weighted by molar-refractivity contribution is 6.00. The molecular formula is C24H23F4N3O. The van der Waals surface area contributed by atoms with E-state index in [9.17, 15) is 22.4 Å². The predicted octanol–water partition coefficient (Wildman–Crippen LogP) is 6.17. The van der Waals surface area contributed by atoms with Gasteiger partial charge in [-0.15, -0.1) is 0 Å². The first-order valence-electron chi connectivity index (χ1n) is 10.5. The van der Waals surface area contributed by atoms with Gasteiger partial charge in [0.2, 0.25) is 5.91 Å². The van der Waals surface area contributed by atoms with E-state index in [0.717, 1.165) is 18.1 Å². The molecule has 168 valence electrons. The highest BCUT2D eigenvalue weighted by Gasteiger charge is 2.45. The Morgan fingerprint density at radius 1 is 1.06 bits per heavy atom. The van der Waals surface area contributed by atoms with Crippen LogP contribution in [0.3, 0.4) is 0 Å². The largest absolute Gasteiger partial charge is 0.432 e. The van der Waals surface area contributed by atoms with Crippen LogP contribution >= 0.6 is 0 Å². The minimum atomic E-state index is -4.76. The van der Waals surface area contributed by atoms with Crippen molar-refractivity contribution in [2.75, 3.05) is 10.6 Å². The van der Waals surface area contributed by atoms with Gasteiger partial charge in [0.15, 0.2) is 0 Å². The summed E-state index contributed by atoms with van der Waals surface area (Å²) in [5, 5.41) is 12.7. The zero-order chi connectivity index (χ0) is 22.9. The molecule has 2 aromatic rings. The maximum absolute atomic E-state index is 14.7. The quantitative estimate of drug-likeness (QED) is 0.352. The van der Waals surface area contributed by atoms with Crippen LogP contribution in [-0.2, 0) is 10.2 Å². The van der Waals surface area contributed by atoms with Crippen LogP contribution in [0.25, 0.3) is 0 Å². The summed E-state index contributed by atoms with van der Waals surface area (Å²) in [6, 6.07) is 13.5. The monoisotopic (exact) mass is 445 g/mol. The Labute approximate surface area is 183 Å². The van der Waals surface area contributed by atoms with Gasteiger partial charge < -0.3 is 10.6 Å². The third-order valence-electron chi connectivity index (χ3n) is 6.10. The van der Waals surface area contributed by atoms with Crippen LogP contribution in [0.15, 0.2) is 60.3 Å². The smallest absolute Gasteiger partial charge is 0.356 e. The van der Waals surface area contributed by atoms with E-state index < -0.39 is 23.1 Å². The molecule has 4 nitrogen and oxygen atoms in total. The van der Waals surface area contributed by atoms with Gasteiger partial charge >= 0.3 is 6.18 Å². The second-order valence-corrected chi connectivity index (χ2v) is 8.36. The molecule has 0 bridgehead atoms. The van der Waals surface area contributed by atoms with Gasteiger partial charge in [0.1, 0.15) is 11.5 Å². The average molecular weight is 445 g/mol. The minimum Gasteiger partial charge on any atom is -0.356 e. The predicted molar refractivity (Wildman–Crippen MR) is 115 cm³/mol. The second-order valence-electron chi connectivity index (χ2n) is 8.36. The molecule has 2 aliphatic rings. The Balaban J connectivity index is 1.49. The Bertz CT molecular complexity index is 1050. The van der Waals surface area contributed by atoms with Crippen molar-refractivity contribution in [3.05, 3.63) is 71.7 Å². The molecule has 32 heavy (non-hydrogen) atoms. The summed E-state index contributed by atoms with van der Waals surface area (Å²) < 4.78 is 52.9. The van der Waals surface area contributed by atoms with Gasteiger partial charge in [-0.3, -0.25) is 10.2 Å². The summed E-state index contributed by atoms with van der Waals surface area (Å²) >= 11 is 0. The first kappa shape index (κ1) is 22.0. The number of amides is 1. The summed E-state index contributed by atoms with van der Waals surface area (Å²) in [6.45, 7) is 0. The topological polar surface area (TPSA) is 65.0 Å². The first-order valence-corrected chi connectivity index (χ1v) is 10.5. The van der Waals surface area contributed by atoms with Crippen LogP contribution in [0, 0.1) is 17.1 Å². The van der Waals surface area contributed by atoms with Crippen LogP contribution in [0.5, 0.6) is 0 Å². The van der Waals surface area contributed by atoms with E-state index in [1.165, 1.54) is 12.1 Å². The fraction of sp³-hybridized carbons (Fsp3) is 0.333. The lowest BCUT2D eigenvalue weighted by molar-refractivity contribution is -0.124. The summed E-state index contributed by atoms with van der Waals surface area (Å²) in [6.07, 6.45) is -0.319. The van der Waals surface area contributed by atoms with Crippen molar-refractivity contribution >= 4 is 23.0 Å². The fourth-order valence-corrected chi connectivity index (χ4v) is 3.92. The highest BCUT2D eigenvalue weighted by atomic mass is 19.4. The molecular weight excluding hydrogens is 422 g/mol. The third kappa shape index (κ3) is 4.54. The van der Waals surface area contributed by atoms with Crippen LogP contribution in [0.1, 0.15) is 37.7 Å². The van der Waals surface area contributed by atoms with E-state index >= 15 is 0 Å². The number of halogens is 4. The summed E-state index contributed by atoms with van der Waals surface area (Å²) in [7, 11) is 0. The van der Waals surface area contributed by atoms with Crippen molar-refractivity contribution in [2.45, 2.75) is 43.7 Å². The van der Waals surface area contributed by atoms with Crippen LogP contribution in [0.2, 0.25) is 0 Å². The Kier molecular flexibility index (Phi) is 5.79. The summed E-state index contributed by atoms with van der Waals surface area (Å²) in [5.74, 6) is -1.05. The first-order chi connectivity index (χ1) is 15.2. The fourth-order valence-electron chi connectivity index (χ4n) is 3.92.